The Morgan fingerprint density at radius 1 is 0.862 bits per heavy atom. The predicted molar refractivity (Wildman–Crippen MR) is 112 cm³/mol. The van der Waals surface area contributed by atoms with Crippen molar-refractivity contribution in [3.05, 3.63) is 66.7 Å². The first kappa shape index (κ1) is 17.1. The molecule has 0 aliphatic carbocycles. The highest BCUT2D eigenvalue weighted by atomic mass is 16.6. The monoisotopic (exact) mass is 386 g/mol. The Labute approximate surface area is 166 Å². The summed E-state index contributed by atoms with van der Waals surface area (Å²) in [7, 11) is 0. The van der Waals surface area contributed by atoms with Gasteiger partial charge in [-0.25, -0.2) is 9.78 Å². The van der Waals surface area contributed by atoms with Gasteiger partial charge in [0.2, 0.25) is 0 Å². The minimum atomic E-state index is -0.335. The van der Waals surface area contributed by atoms with Crippen LogP contribution < -0.4 is 20.1 Å². The third-order valence-corrected chi connectivity index (χ3v) is 4.61. The molecule has 29 heavy (non-hydrogen) atoms. The number of fused-ring (bicyclic) bond motifs is 2. The number of aromatic nitrogens is 2. The SMILES string of the molecule is O=C(Nc1ccc(-c2nc3ccccc3[nH]2)cc1)Nc1ccc2c(c1)OCCO2. The summed E-state index contributed by atoms with van der Waals surface area (Å²) in [6, 6.07) is 20.4. The number of anilines is 2. The molecule has 1 aromatic heterocycles. The lowest BCUT2D eigenvalue weighted by Gasteiger charge is -2.19. The van der Waals surface area contributed by atoms with Crippen LogP contribution in [0.5, 0.6) is 11.5 Å². The first-order valence-electron chi connectivity index (χ1n) is 9.27. The van der Waals surface area contributed by atoms with Gasteiger partial charge < -0.3 is 25.1 Å². The summed E-state index contributed by atoms with van der Waals surface area (Å²) < 4.78 is 11.0. The van der Waals surface area contributed by atoms with Gasteiger partial charge in [0.15, 0.2) is 11.5 Å². The van der Waals surface area contributed by atoms with Crippen molar-refractivity contribution in [2.24, 2.45) is 0 Å². The lowest BCUT2D eigenvalue weighted by molar-refractivity contribution is 0.171. The van der Waals surface area contributed by atoms with Crippen molar-refractivity contribution in [3.63, 3.8) is 0 Å². The summed E-state index contributed by atoms with van der Waals surface area (Å²) >= 11 is 0. The molecule has 0 radical (unpaired) electrons. The summed E-state index contributed by atoms with van der Waals surface area (Å²) in [5.74, 6) is 2.10. The summed E-state index contributed by atoms with van der Waals surface area (Å²) in [6.45, 7) is 1.03. The Balaban J connectivity index is 1.26. The average Bonchev–Trinajstić information content (AvgIpc) is 3.18. The molecular weight excluding hydrogens is 368 g/mol. The van der Waals surface area contributed by atoms with Gasteiger partial charge in [-0.15, -0.1) is 0 Å². The van der Waals surface area contributed by atoms with Gasteiger partial charge in [0.05, 0.1) is 11.0 Å². The second-order valence-electron chi connectivity index (χ2n) is 6.62. The number of carbonyl (C=O) groups is 1. The Morgan fingerprint density at radius 2 is 1.59 bits per heavy atom. The molecule has 1 aliphatic heterocycles. The number of H-pyrrole nitrogens is 1. The van der Waals surface area contributed by atoms with Gasteiger partial charge in [-0.2, -0.15) is 0 Å². The lowest BCUT2D eigenvalue weighted by Crippen LogP contribution is -2.20. The number of nitrogens with one attached hydrogen (secondary N) is 3. The van der Waals surface area contributed by atoms with Crippen molar-refractivity contribution in [1.29, 1.82) is 0 Å². The standard InChI is InChI=1S/C22H18N4O3/c27-22(24-16-9-10-19-20(13-16)29-12-11-28-19)23-15-7-5-14(6-8-15)21-25-17-3-1-2-4-18(17)26-21/h1-10,13H,11-12H2,(H,25,26)(H2,23,24,27). The maximum atomic E-state index is 12.3. The fourth-order valence-corrected chi connectivity index (χ4v) is 3.22. The van der Waals surface area contributed by atoms with Gasteiger partial charge in [-0.1, -0.05) is 12.1 Å². The summed E-state index contributed by atoms with van der Waals surface area (Å²) in [5.41, 5.74) is 4.16. The van der Waals surface area contributed by atoms with Gasteiger partial charge in [-0.05, 0) is 48.5 Å². The Kier molecular flexibility index (Phi) is 4.25. The van der Waals surface area contributed by atoms with Crippen LogP contribution in [0, 0.1) is 0 Å². The third kappa shape index (κ3) is 3.58. The molecule has 0 saturated carbocycles. The summed E-state index contributed by atoms with van der Waals surface area (Å²) in [4.78, 5) is 20.2. The van der Waals surface area contributed by atoms with Crippen molar-refractivity contribution in [2.75, 3.05) is 23.8 Å². The van der Waals surface area contributed by atoms with Gasteiger partial charge >= 0.3 is 6.03 Å². The predicted octanol–water partition coefficient (Wildman–Crippen LogP) is 4.65. The van der Waals surface area contributed by atoms with E-state index >= 15 is 0 Å². The summed E-state index contributed by atoms with van der Waals surface area (Å²) in [5, 5.41) is 5.62. The molecule has 7 nitrogen and oxygen atoms in total. The molecule has 0 atom stereocenters. The number of hydrogen-bond donors (Lipinski definition) is 3. The Morgan fingerprint density at radius 3 is 2.41 bits per heavy atom. The van der Waals surface area contributed by atoms with E-state index in [9.17, 15) is 4.79 Å². The van der Waals surface area contributed by atoms with Gasteiger partial charge in [0.25, 0.3) is 0 Å². The molecule has 0 unspecified atom stereocenters. The zero-order chi connectivity index (χ0) is 19.6. The van der Waals surface area contributed by atoms with Crippen molar-refractivity contribution in [2.45, 2.75) is 0 Å². The quantitative estimate of drug-likeness (QED) is 0.478. The number of imidazole rings is 1. The van der Waals surface area contributed by atoms with E-state index in [0.717, 1.165) is 22.4 Å². The number of nitrogens with zero attached hydrogens (tertiary/aromatic N) is 1. The fraction of sp³-hybridized carbons (Fsp3) is 0.0909. The molecule has 4 aromatic rings. The van der Waals surface area contributed by atoms with Crippen molar-refractivity contribution >= 4 is 28.4 Å². The largest absolute Gasteiger partial charge is 0.486 e. The molecular formula is C22H18N4O3. The average molecular weight is 386 g/mol. The first-order valence-corrected chi connectivity index (χ1v) is 9.27. The van der Waals surface area contributed by atoms with Crippen molar-refractivity contribution in [3.8, 4) is 22.9 Å². The van der Waals surface area contributed by atoms with E-state index < -0.39 is 0 Å². The van der Waals surface area contributed by atoms with E-state index in [-0.39, 0.29) is 6.03 Å². The normalized spacial score (nSPS) is 12.6. The van der Waals surface area contributed by atoms with Gasteiger partial charge in [0.1, 0.15) is 19.0 Å². The number of rotatable bonds is 3. The van der Waals surface area contributed by atoms with Crippen molar-refractivity contribution in [1.82, 2.24) is 9.97 Å². The molecule has 0 spiro atoms. The van der Waals surface area contributed by atoms with E-state index in [1.54, 1.807) is 18.2 Å². The molecule has 3 aromatic carbocycles. The molecule has 0 fully saturated rings. The minimum Gasteiger partial charge on any atom is -0.486 e. The zero-order valence-corrected chi connectivity index (χ0v) is 15.4. The number of benzene rings is 3. The van der Waals surface area contributed by atoms with Crippen molar-refractivity contribution < 1.29 is 14.3 Å². The number of para-hydroxylation sites is 2. The lowest BCUT2D eigenvalue weighted by atomic mass is 10.2. The zero-order valence-electron chi connectivity index (χ0n) is 15.4. The van der Waals surface area contributed by atoms with E-state index in [1.165, 1.54) is 0 Å². The van der Waals surface area contributed by atoms with Crippen LogP contribution in [0.15, 0.2) is 66.7 Å². The highest BCUT2D eigenvalue weighted by Gasteiger charge is 2.13. The molecule has 3 N–H and O–H groups in total. The van der Waals surface area contributed by atoms with Crippen LogP contribution in [-0.2, 0) is 0 Å². The van der Waals surface area contributed by atoms with E-state index in [0.29, 0.717) is 36.1 Å². The van der Waals surface area contributed by atoms with Crippen LogP contribution in [-0.4, -0.2) is 29.2 Å². The number of carbonyl (C=O) groups excluding carboxylic acids is 1. The fourth-order valence-electron chi connectivity index (χ4n) is 3.22. The second kappa shape index (κ2) is 7.20. The van der Waals surface area contributed by atoms with Crippen LogP contribution in [0.4, 0.5) is 16.2 Å². The molecule has 2 heterocycles. The highest BCUT2D eigenvalue weighted by molar-refractivity contribution is 6.00. The molecule has 144 valence electrons. The van der Waals surface area contributed by atoms with Gasteiger partial charge in [-0.3, -0.25) is 0 Å². The maximum Gasteiger partial charge on any atom is 0.323 e. The topological polar surface area (TPSA) is 88.3 Å². The number of urea groups is 1. The smallest absolute Gasteiger partial charge is 0.323 e. The van der Waals surface area contributed by atoms with Crippen LogP contribution in [0.2, 0.25) is 0 Å². The molecule has 2 amide bonds. The van der Waals surface area contributed by atoms with Gasteiger partial charge in [0, 0.05) is 23.0 Å². The van der Waals surface area contributed by atoms with E-state index in [2.05, 4.69) is 20.6 Å². The molecule has 7 heteroatoms. The van der Waals surface area contributed by atoms with E-state index in [1.807, 2.05) is 48.5 Å². The van der Waals surface area contributed by atoms with Crippen LogP contribution >= 0.6 is 0 Å². The third-order valence-electron chi connectivity index (χ3n) is 4.61. The molecule has 1 aliphatic rings. The molecule has 5 rings (SSSR count). The van der Waals surface area contributed by atoms with Crippen LogP contribution in [0.25, 0.3) is 22.4 Å². The number of ether oxygens (including phenoxy) is 2. The minimum absolute atomic E-state index is 0.335. The maximum absolute atomic E-state index is 12.3. The van der Waals surface area contributed by atoms with Crippen LogP contribution in [0.3, 0.4) is 0 Å². The summed E-state index contributed by atoms with van der Waals surface area (Å²) in [6.07, 6.45) is 0. The first-order chi connectivity index (χ1) is 14.2. The second-order valence-corrected chi connectivity index (χ2v) is 6.62. The highest BCUT2D eigenvalue weighted by Crippen LogP contribution is 2.32. The molecule has 0 bridgehead atoms. The number of aromatic amines is 1. The Bertz CT molecular complexity index is 1150. The van der Waals surface area contributed by atoms with E-state index in [4.69, 9.17) is 9.47 Å². The number of amides is 2. The molecule has 0 saturated heterocycles. The van der Waals surface area contributed by atoms with Crippen LogP contribution in [0.1, 0.15) is 0 Å². The number of hydrogen-bond acceptors (Lipinski definition) is 4. The Hall–Kier alpha value is -4.00.